The first-order valence-corrected chi connectivity index (χ1v) is 7.47. The van der Waals surface area contributed by atoms with E-state index in [4.69, 9.17) is 0 Å². The molecule has 0 bridgehead atoms. The Kier molecular flexibility index (Phi) is 3.37. The molecule has 0 spiro atoms. The molecule has 0 radical (unpaired) electrons. The quantitative estimate of drug-likeness (QED) is 0.740. The highest BCUT2D eigenvalue weighted by Crippen LogP contribution is 2.43. The Bertz CT molecular complexity index is 284. The number of carbonyl (C=O) groups excluding carboxylic acids is 1. The maximum absolute atomic E-state index is 12.2. The molecule has 0 N–H and O–H groups in total. The molecule has 0 saturated carbocycles. The Morgan fingerprint density at radius 1 is 1.38 bits per heavy atom. The average Bonchev–Trinajstić information content (AvgIpc) is 2.73. The normalized spacial score (nSPS) is 35.4. The second kappa shape index (κ2) is 4.34. The minimum absolute atomic E-state index is 0.129. The molecule has 0 aromatic heterocycles. The van der Waals surface area contributed by atoms with Crippen LogP contribution in [0.5, 0.6) is 0 Å². The summed E-state index contributed by atoms with van der Waals surface area (Å²) in [5.41, 5.74) is 0.129. The number of fused-ring (bicyclic) bond motifs is 1. The zero-order chi connectivity index (χ0) is 11.9. The van der Waals surface area contributed by atoms with Crippen molar-refractivity contribution in [2.45, 2.75) is 45.7 Å². The standard InChI is InChI=1S/C13H23NOS/c1-5-11(15)12-10-8-16-7-9(10)6-14(12)13(2,3)4/h9-10,12H,5-8H2,1-4H3. The first-order valence-electron chi connectivity index (χ1n) is 6.32. The fourth-order valence-corrected chi connectivity index (χ4v) is 4.58. The SMILES string of the molecule is CCC(=O)C1C2CSCC2CN1C(C)(C)C. The minimum atomic E-state index is 0.129. The maximum Gasteiger partial charge on any atom is 0.150 e. The van der Waals surface area contributed by atoms with Gasteiger partial charge in [0.1, 0.15) is 5.78 Å². The lowest BCUT2D eigenvalue weighted by Gasteiger charge is -2.37. The van der Waals surface area contributed by atoms with Crippen molar-refractivity contribution in [3.63, 3.8) is 0 Å². The molecule has 16 heavy (non-hydrogen) atoms. The third kappa shape index (κ3) is 2.04. The van der Waals surface area contributed by atoms with Crippen LogP contribution in [0.2, 0.25) is 0 Å². The predicted octanol–water partition coefficient (Wildman–Crippen LogP) is 2.43. The van der Waals surface area contributed by atoms with Crippen molar-refractivity contribution < 1.29 is 4.79 Å². The largest absolute Gasteiger partial charge is 0.298 e. The molecule has 0 amide bonds. The molecule has 2 nitrogen and oxygen atoms in total. The molecule has 2 rings (SSSR count). The maximum atomic E-state index is 12.2. The van der Waals surface area contributed by atoms with Crippen molar-refractivity contribution in [3.8, 4) is 0 Å². The zero-order valence-corrected chi connectivity index (χ0v) is 11.6. The van der Waals surface area contributed by atoms with Crippen molar-refractivity contribution in [1.82, 2.24) is 4.90 Å². The van der Waals surface area contributed by atoms with E-state index in [1.165, 1.54) is 11.5 Å². The van der Waals surface area contributed by atoms with Crippen LogP contribution in [0.25, 0.3) is 0 Å². The molecule has 92 valence electrons. The Morgan fingerprint density at radius 3 is 2.62 bits per heavy atom. The van der Waals surface area contributed by atoms with Gasteiger partial charge in [0, 0.05) is 18.5 Å². The lowest BCUT2D eigenvalue weighted by atomic mass is 9.90. The molecular formula is C13H23NOS. The van der Waals surface area contributed by atoms with Gasteiger partial charge in [-0.2, -0.15) is 11.8 Å². The molecule has 2 heterocycles. The Balaban J connectivity index is 2.23. The highest BCUT2D eigenvalue weighted by atomic mass is 32.2. The molecular weight excluding hydrogens is 218 g/mol. The van der Waals surface area contributed by atoms with Crippen LogP contribution in [0.1, 0.15) is 34.1 Å². The number of nitrogens with zero attached hydrogens (tertiary/aromatic N) is 1. The summed E-state index contributed by atoms with van der Waals surface area (Å²) in [6.45, 7) is 9.82. The Labute approximate surface area is 103 Å². The van der Waals surface area contributed by atoms with Gasteiger partial charge in [0.15, 0.2) is 0 Å². The second-order valence-electron chi connectivity index (χ2n) is 6.05. The van der Waals surface area contributed by atoms with E-state index in [0.29, 0.717) is 18.1 Å². The van der Waals surface area contributed by atoms with Gasteiger partial charge in [-0.25, -0.2) is 0 Å². The first kappa shape index (κ1) is 12.4. The van der Waals surface area contributed by atoms with Crippen LogP contribution in [0.15, 0.2) is 0 Å². The number of Topliss-reactive ketones (excluding diaryl/α,β-unsaturated/α-hetero) is 1. The van der Waals surface area contributed by atoms with Crippen molar-refractivity contribution in [3.05, 3.63) is 0 Å². The van der Waals surface area contributed by atoms with E-state index < -0.39 is 0 Å². The molecule has 3 unspecified atom stereocenters. The van der Waals surface area contributed by atoms with Crippen LogP contribution in [0, 0.1) is 11.8 Å². The van der Waals surface area contributed by atoms with Crippen molar-refractivity contribution >= 4 is 17.5 Å². The minimum Gasteiger partial charge on any atom is -0.298 e. The fourth-order valence-electron chi connectivity index (χ4n) is 3.06. The summed E-state index contributed by atoms with van der Waals surface area (Å²) in [5, 5.41) is 0. The van der Waals surface area contributed by atoms with Gasteiger partial charge in [-0.15, -0.1) is 0 Å². The summed E-state index contributed by atoms with van der Waals surface area (Å²) in [4.78, 5) is 14.6. The van der Waals surface area contributed by atoms with Crippen molar-refractivity contribution in [2.24, 2.45) is 11.8 Å². The van der Waals surface area contributed by atoms with Crippen molar-refractivity contribution in [2.75, 3.05) is 18.1 Å². The van der Waals surface area contributed by atoms with E-state index in [1.807, 2.05) is 18.7 Å². The number of thioether (sulfide) groups is 1. The van der Waals surface area contributed by atoms with Gasteiger partial charge in [0.2, 0.25) is 0 Å². The number of likely N-dealkylation sites (tertiary alicyclic amines) is 1. The van der Waals surface area contributed by atoms with Crippen LogP contribution < -0.4 is 0 Å². The molecule has 2 fully saturated rings. The molecule has 2 aliphatic heterocycles. The topological polar surface area (TPSA) is 20.3 Å². The average molecular weight is 241 g/mol. The summed E-state index contributed by atoms with van der Waals surface area (Å²) in [6, 6.07) is 0.199. The predicted molar refractivity (Wildman–Crippen MR) is 69.9 cm³/mol. The third-order valence-corrected chi connectivity index (χ3v) is 5.24. The van der Waals surface area contributed by atoms with E-state index in [0.717, 1.165) is 12.5 Å². The highest BCUT2D eigenvalue weighted by molar-refractivity contribution is 7.99. The Hall–Kier alpha value is -0.0200. The molecule has 2 saturated heterocycles. The van der Waals surface area contributed by atoms with E-state index in [9.17, 15) is 4.79 Å². The number of carbonyl (C=O) groups is 1. The van der Waals surface area contributed by atoms with E-state index in [1.54, 1.807) is 0 Å². The highest BCUT2D eigenvalue weighted by Gasteiger charge is 2.50. The van der Waals surface area contributed by atoms with E-state index >= 15 is 0 Å². The van der Waals surface area contributed by atoms with Crippen LogP contribution in [0.3, 0.4) is 0 Å². The van der Waals surface area contributed by atoms with Gasteiger partial charge in [-0.3, -0.25) is 9.69 Å². The molecule has 3 atom stereocenters. The molecule has 3 heteroatoms. The van der Waals surface area contributed by atoms with Crippen LogP contribution >= 0.6 is 11.8 Å². The lowest BCUT2D eigenvalue weighted by Crippen LogP contribution is -2.49. The van der Waals surface area contributed by atoms with E-state index in [2.05, 4.69) is 25.7 Å². The van der Waals surface area contributed by atoms with Gasteiger partial charge >= 0.3 is 0 Å². The Morgan fingerprint density at radius 2 is 2.06 bits per heavy atom. The van der Waals surface area contributed by atoms with E-state index in [-0.39, 0.29) is 11.6 Å². The summed E-state index contributed by atoms with van der Waals surface area (Å²) in [5.74, 6) is 4.27. The molecule has 0 aromatic carbocycles. The third-order valence-electron chi connectivity index (χ3n) is 3.96. The summed E-state index contributed by atoms with van der Waals surface area (Å²) in [6.07, 6.45) is 0.686. The van der Waals surface area contributed by atoms with Gasteiger partial charge in [-0.05, 0) is 44.1 Å². The number of ketones is 1. The summed E-state index contributed by atoms with van der Waals surface area (Å²) < 4.78 is 0. The van der Waals surface area contributed by atoms with Gasteiger partial charge in [-0.1, -0.05) is 6.92 Å². The van der Waals surface area contributed by atoms with Gasteiger partial charge in [0.05, 0.1) is 6.04 Å². The number of rotatable bonds is 2. The molecule has 2 aliphatic rings. The van der Waals surface area contributed by atoms with Crippen LogP contribution in [-0.4, -0.2) is 40.3 Å². The second-order valence-corrected chi connectivity index (χ2v) is 7.12. The van der Waals surface area contributed by atoms with Gasteiger partial charge < -0.3 is 0 Å². The first-order chi connectivity index (χ1) is 7.45. The monoisotopic (exact) mass is 241 g/mol. The van der Waals surface area contributed by atoms with Crippen LogP contribution in [0.4, 0.5) is 0 Å². The summed E-state index contributed by atoms with van der Waals surface area (Å²) in [7, 11) is 0. The molecule has 0 aromatic rings. The van der Waals surface area contributed by atoms with Crippen molar-refractivity contribution in [1.29, 1.82) is 0 Å². The fraction of sp³-hybridized carbons (Fsp3) is 0.923. The zero-order valence-electron chi connectivity index (χ0n) is 10.8. The number of hydrogen-bond acceptors (Lipinski definition) is 3. The van der Waals surface area contributed by atoms with Gasteiger partial charge in [0.25, 0.3) is 0 Å². The molecule has 0 aliphatic carbocycles. The van der Waals surface area contributed by atoms with Crippen LogP contribution in [-0.2, 0) is 4.79 Å². The number of hydrogen-bond donors (Lipinski definition) is 0. The smallest absolute Gasteiger partial charge is 0.150 e. The summed E-state index contributed by atoms with van der Waals surface area (Å²) >= 11 is 2.03. The lowest BCUT2D eigenvalue weighted by molar-refractivity contribution is -0.125.